The first-order chi connectivity index (χ1) is 8.74. The SMILES string of the molecule is Nc1cccc2c1CN(c1cncc(Cl)n1)CC2. The summed E-state index contributed by atoms with van der Waals surface area (Å²) in [5.41, 5.74) is 9.37. The van der Waals surface area contributed by atoms with Crippen LogP contribution in [0, 0.1) is 0 Å². The van der Waals surface area contributed by atoms with Crippen LogP contribution in [0.3, 0.4) is 0 Å². The van der Waals surface area contributed by atoms with Gasteiger partial charge in [-0.15, -0.1) is 0 Å². The molecule has 5 heteroatoms. The van der Waals surface area contributed by atoms with Gasteiger partial charge in [0.05, 0.1) is 12.4 Å². The second kappa shape index (κ2) is 4.46. The van der Waals surface area contributed by atoms with Crippen molar-refractivity contribution < 1.29 is 0 Å². The van der Waals surface area contributed by atoms with Crippen LogP contribution in [0.25, 0.3) is 0 Å². The highest BCUT2D eigenvalue weighted by molar-refractivity contribution is 6.29. The number of nitrogen functional groups attached to an aromatic ring is 1. The van der Waals surface area contributed by atoms with Gasteiger partial charge in [-0.2, -0.15) is 0 Å². The average Bonchev–Trinajstić information content (AvgIpc) is 2.39. The fraction of sp³-hybridized carbons (Fsp3) is 0.231. The van der Waals surface area contributed by atoms with E-state index in [1.807, 2.05) is 12.1 Å². The van der Waals surface area contributed by atoms with E-state index in [1.54, 1.807) is 6.20 Å². The molecule has 2 N–H and O–H groups in total. The molecule has 0 radical (unpaired) electrons. The van der Waals surface area contributed by atoms with E-state index in [1.165, 1.54) is 17.3 Å². The number of nitrogens with zero attached hydrogens (tertiary/aromatic N) is 3. The number of nitrogens with two attached hydrogens (primary N) is 1. The molecule has 2 heterocycles. The highest BCUT2D eigenvalue weighted by atomic mass is 35.5. The summed E-state index contributed by atoms with van der Waals surface area (Å²) >= 11 is 5.87. The van der Waals surface area contributed by atoms with Crippen molar-refractivity contribution in [3.05, 3.63) is 46.9 Å². The molecule has 18 heavy (non-hydrogen) atoms. The number of fused-ring (bicyclic) bond motifs is 1. The van der Waals surface area contributed by atoms with E-state index >= 15 is 0 Å². The van der Waals surface area contributed by atoms with Gasteiger partial charge in [-0.25, -0.2) is 4.98 Å². The molecule has 0 bridgehead atoms. The smallest absolute Gasteiger partial charge is 0.149 e. The summed E-state index contributed by atoms with van der Waals surface area (Å²) in [5, 5.41) is 0.416. The van der Waals surface area contributed by atoms with Gasteiger partial charge in [0.1, 0.15) is 11.0 Å². The number of rotatable bonds is 1. The van der Waals surface area contributed by atoms with Crippen LogP contribution in [0.15, 0.2) is 30.6 Å². The first-order valence-corrected chi connectivity index (χ1v) is 6.20. The van der Waals surface area contributed by atoms with Crippen molar-refractivity contribution in [1.82, 2.24) is 9.97 Å². The number of hydrogen-bond acceptors (Lipinski definition) is 4. The van der Waals surface area contributed by atoms with Gasteiger partial charge < -0.3 is 10.6 Å². The zero-order chi connectivity index (χ0) is 12.5. The Labute approximate surface area is 110 Å². The molecule has 0 saturated heterocycles. The maximum atomic E-state index is 6.02. The molecule has 1 aromatic heterocycles. The second-order valence-corrected chi connectivity index (χ2v) is 4.74. The number of aromatic nitrogens is 2. The summed E-state index contributed by atoms with van der Waals surface area (Å²) in [6.07, 6.45) is 4.24. The zero-order valence-corrected chi connectivity index (χ0v) is 10.6. The molecule has 0 amide bonds. The normalized spacial score (nSPS) is 14.4. The third-order valence-corrected chi connectivity index (χ3v) is 3.41. The molecule has 2 aromatic rings. The minimum atomic E-state index is 0.416. The minimum Gasteiger partial charge on any atom is -0.398 e. The summed E-state index contributed by atoms with van der Waals surface area (Å²) in [4.78, 5) is 10.5. The van der Waals surface area contributed by atoms with Crippen LogP contribution in [0.4, 0.5) is 11.5 Å². The van der Waals surface area contributed by atoms with Crippen LogP contribution in [0.1, 0.15) is 11.1 Å². The van der Waals surface area contributed by atoms with E-state index in [9.17, 15) is 0 Å². The largest absolute Gasteiger partial charge is 0.398 e. The van der Waals surface area contributed by atoms with Gasteiger partial charge in [0.15, 0.2) is 0 Å². The molecule has 1 aliphatic rings. The standard InChI is InChI=1S/C13H13ClN4/c14-12-6-16-7-13(17-12)18-5-4-9-2-1-3-11(15)10(9)8-18/h1-3,6-7H,4-5,8,15H2. The van der Waals surface area contributed by atoms with Crippen molar-refractivity contribution in [2.24, 2.45) is 0 Å². The molecule has 1 aliphatic heterocycles. The average molecular weight is 261 g/mol. The molecule has 0 unspecified atom stereocenters. The van der Waals surface area contributed by atoms with E-state index in [4.69, 9.17) is 17.3 Å². The van der Waals surface area contributed by atoms with Crippen molar-refractivity contribution in [3.8, 4) is 0 Å². The van der Waals surface area contributed by atoms with Gasteiger partial charge in [0.2, 0.25) is 0 Å². The van der Waals surface area contributed by atoms with E-state index in [2.05, 4.69) is 20.9 Å². The van der Waals surface area contributed by atoms with Crippen LogP contribution in [0.5, 0.6) is 0 Å². The van der Waals surface area contributed by atoms with Gasteiger partial charge in [-0.05, 0) is 23.6 Å². The molecule has 0 spiro atoms. The molecule has 0 aliphatic carbocycles. The fourth-order valence-corrected chi connectivity index (χ4v) is 2.43. The Balaban J connectivity index is 1.93. The second-order valence-electron chi connectivity index (χ2n) is 4.36. The van der Waals surface area contributed by atoms with Crippen LogP contribution in [0.2, 0.25) is 5.15 Å². The summed E-state index contributed by atoms with van der Waals surface area (Å²) < 4.78 is 0. The summed E-state index contributed by atoms with van der Waals surface area (Å²) in [5.74, 6) is 0.802. The minimum absolute atomic E-state index is 0.416. The maximum absolute atomic E-state index is 6.02. The van der Waals surface area contributed by atoms with Gasteiger partial charge in [0, 0.05) is 18.8 Å². The van der Waals surface area contributed by atoms with Crippen LogP contribution < -0.4 is 10.6 Å². The van der Waals surface area contributed by atoms with Crippen molar-refractivity contribution >= 4 is 23.1 Å². The first-order valence-electron chi connectivity index (χ1n) is 5.83. The van der Waals surface area contributed by atoms with E-state index in [-0.39, 0.29) is 0 Å². The summed E-state index contributed by atoms with van der Waals surface area (Å²) in [6.45, 7) is 1.67. The van der Waals surface area contributed by atoms with Crippen LogP contribution >= 0.6 is 11.6 Å². The van der Waals surface area contributed by atoms with Gasteiger partial charge in [-0.3, -0.25) is 4.98 Å². The Morgan fingerprint density at radius 2 is 2.17 bits per heavy atom. The third-order valence-electron chi connectivity index (χ3n) is 3.23. The highest BCUT2D eigenvalue weighted by Crippen LogP contribution is 2.27. The van der Waals surface area contributed by atoms with Gasteiger partial charge in [-0.1, -0.05) is 23.7 Å². The van der Waals surface area contributed by atoms with Crippen molar-refractivity contribution in [2.75, 3.05) is 17.2 Å². The molecular weight excluding hydrogens is 248 g/mol. The fourth-order valence-electron chi connectivity index (χ4n) is 2.29. The Hall–Kier alpha value is -1.81. The Bertz CT molecular complexity index is 585. The molecule has 4 nitrogen and oxygen atoms in total. The van der Waals surface area contributed by atoms with E-state index in [0.717, 1.165) is 31.0 Å². The van der Waals surface area contributed by atoms with Crippen molar-refractivity contribution in [3.63, 3.8) is 0 Å². The predicted molar refractivity (Wildman–Crippen MR) is 72.7 cm³/mol. The maximum Gasteiger partial charge on any atom is 0.149 e. The molecular formula is C13H13ClN4. The molecule has 92 valence electrons. The zero-order valence-electron chi connectivity index (χ0n) is 9.81. The lowest BCUT2D eigenvalue weighted by Crippen LogP contribution is -2.31. The number of anilines is 2. The lowest BCUT2D eigenvalue weighted by Gasteiger charge is -2.30. The predicted octanol–water partition coefficient (Wildman–Crippen LogP) is 2.27. The monoisotopic (exact) mass is 260 g/mol. The number of hydrogen-bond donors (Lipinski definition) is 1. The Morgan fingerprint density at radius 1 is 1.28 bits per heavy atom. The first kappa shape index (κ1) is 11.3. The molecule has 0 fully saturated rings. The van der Waals surface area contributed by atoms with Gasteiger partial charge >= 0.3 is 0 Å². The lowest BCUT2D eigenvalue weighted by atomic mass is 9.98. The molecule has 1 aromatic carbocycles. The summed E-state index contributed by atoms with van der Waals surface area (Å²) in [6, 6.07) is 6.07. The Kier molecular flexibility index (Phi) is 2.80. The molecule has 3 rings (SSSR count). The lowest BCUT2D eigenvalue weighted by molar-refractivity contribution is 0.720. The highest BCUT2D eigenvalue weighted by Gasteiger charge is 2.19. The van der Waals surface area contributed by atoms with Crippen molar-refractivity contribution in [2.45, 2.75) is 13.0 Å². The molecule has 0 atom stereocenters. The third kappa shape index (κ3) is 1.99. The number of halogens is 1. The topological polar surface area (TPSA) is 55.0 Å². The Morgan fingerprint density at radius 3 is 3.00 bits per heavy atom. The van der Waals surface area contributed by atoms with Gasteiger partial charge in [0.25, 0.3) is 0 Å². The van der Waals surface area contributed by atoms with E-state index in [0.29, 0.717) is 5.15 Å². The molecule has 0 saturated carbocycles. The summed E-state index contributed by atoms with van der Waals surface area (Å²) in [7, 11) is 0. The van der Waals surface area contributed by atoms with Crippen molar-refractivity contribution in [1.29, 1.82) is 0 Å². The quantitative estimate of drug-likeness (QED) is 0.800. The van der Waals surface area contributed by atoms with Crippen LogP contribution in [-0.4, -0.2) is 16.5 Å². The van der Waals surface area contributed by atoms with E-state index < -0.39 is 0 Å². The van der Waals surface area contributed by atoms with Crippen LogP contribution in [-0.2, 0) is 13.0 Å². The number of benzene rings is 1.